The zero-order valence-corrected chi connectivity index (χ0v) is 21.0. The van der Waals surface area contributed by atoms with E-state index in [1.54, 1.807) is 43.5 Å². The fourth-order valence-electron chi connectivity index (χ4n) is 4.23. The van der Waals surface area contributed by atoms with E-state index in [1.807, 2.05) is 0 Å². The molecule has 0 saturated heterocycles. The minimum Gasteiger partial charge on any atom is -0.345 e. The van der Waals surface area contributed by atoms with Crippen molar-refractivity contribution in [2.24, 2.45) is 0 Å². The van der Waals surface area contributed by atoms with Crippen molar-refractivity contribution in [3.63, 3.8) is 0 Å². The van der Waals surface area contributed by atoms with Crippen LogP contribution in [0.15, 0.2) is 65.8 Å². The molecule has 0 atom stereocenters. The van der Waals surface area contributed by atoms with Gasteiger partial charge in [0.1, 0.15) is 5.56 Å². The second kappa shape index (κ2) is 10.8. The number of carbonyl (C=O) groups excluding carboxylic acids is 3. The first-order valence-electron chi connectivity index (χ1n) is 12.1. The highest BCUT2D eigenvalue weighted by molar-refractivity contribution is 6.35. The predicted molar refractivity (Wildman–Crippen MR) is 143 cm³/mol. The summed E-state index contributed by atoms with van der Waals surface area (Å²) in [5.74, 6) is -3.67. The Morgan fingerprint density at radius 1 is 1.05 bits per heavy atom. The number of carbonyl (C=O) groups is 3. The van der Waals surface area contributed by atoms with Crippen molar-refractivity contribution in [3.05, 3.63) is 111 Å². The predicted octanol–water partition coefficient (Wildman–Crippen LogP) is 3.07. The number of H-pyrrole nitrogens is 1. The Bertz CT molecular complexity index is 1740. The van der Waals surface area contributed by atoms with Crippen LogP contribution >= 0.6 is 0 Å². The topological polar surface area (TPSA) is 138 Å². The van der Waals surface area contributed by atoms with Crippen molar-refractivity contribution in [1.29, 1.82) is 0 Å². The number of anilines is 2. The summed E-state index contributed by atoms with van der Waals surface area (Å²) >= 11 is 0. The maximum Gasteiger partial charge on any atom is 0.263 e. The lowest BCUT2D eigenvalue weighted by atomic mass is 10.1. The van der Waals surface area contributed by atoms with Gasteiger partial charge in [-0.2, -0.15) is 0 Å². The van der Waals surface area contributed by atoms with Gasteiger partial charge in [-0.05, 0) is 61.0 Å². The first-order valence-corrected chi connectivity index (χ1v) is 12.1. The number of nitrogens with one attached hydrogen (secondary N) is 4. The van der Waals surface area contributed by atoms with Gasteiger partial charge >= 0.3 is 0 Å². The Balaban J connectivity index is 1.26. The molecule has 3 heterocycles. The lowest BCUT2D eigenvalue weighted by Gasteiger charge is -2.13. The highest BCUT2D eigenvalue weighted by atomic mass is 19.2. The largest absolute Gasteiger partial charge is 0.345 e. The average Bonchev–Trinajstić information content (AvgIpc) is 3.55. The van der Waals surface area contributed by atoms with Crippen molar-refractivity contribution in [1.82, 2.24) is 19.9 Å². The lowest BCUT2D eigenvalue weighted by molar-refractivity contribution is -0.115. The van der Waals surface area contributed by atoms with Gasteiger partial charge < -0.3 is 25.5 Å². The van der Waals surface area contributed by atoms with E-state index in [-0.39, 0.29) is 18.0 Å². The normalized spacial score (nSPS) is 13.2. The number of rotatable bonds is 7. The zero-order valence-electron chi connectivity index (χ0n) is 21.0. The number of benzene rings is 2. The summed E-state index contributed by atoms with van der Waals surface area (Å²) < 4.78 is 28.1. The van der Waals surface area contributed by atoms with Crippen LogP contribution in [0.25, 0.3) is 11.6 Å². The molecule has 0 fully saturated rings. The van der Waals surface area contributed by atoms with Crippen LogP contribution < -0.4 is 21.5 Å². The lowest BCUT2D eigenvalue weighted by Crippen LogP contribution is -2.37. The van der Waals surface area contributed by atoms with E-state index in [0.717, 1.165) is 12.1 Å². The van der Waals surface area contributed by atoms with Crippen LogP contribution in [0.4, 0.5) is 20.2 Å². The Labute approximate surface area is 225 Å². The second-order valence-corrected chi connectivity index (χ2v) is 9.04. The Morgan fingerprint density at radius 2 is 1.88 bits per heavy atom. The number of amides is 3. The van der Waals surface area contributed by atoms with Gasteiger partial charge in [-0.1, -0.05) is 6.07 Å². The van der Waals surface area contributed by atoms with Gasteiger partial charge in [-0.15, -0.1) is 0 Å². The summed E-state index contributed by atoms with van der Waals surface area (Å²) in [6, 6.07) is 11.1. The van der Waals surface area contributed by atoms with Crippen molar-refractivity contribution < 1.29 is 23.2 Å². The monoisotopic (exact) mass is 544 g/mol. The molecule has 0 radical (unpaired) electrons. The quantitative estimate of drug-likeness (QED) is 0.265. The van der Waals surface area contributed by atoms with Crippen LogP contribution in [0.3, 0.4) is 0 Å². The van der Waals surface area contributed by atoms with Gasteiger partial charge in [-0.25, -0.2) is 13.8 Å². The van der Waals surface area contributed by atoms with Gasteiger partial charge in [0.25, 0.3) is 17.4 Å². The maximum absolute atomic E-state index is 13.6. The van der Waals surface area contributed by atoms with E-state index >= 15 is 0 Å². The summed E-state index contributed by atoms with van der Waals surface area (Å²) in [6.45, 7) is 1.14. The molecule has 0 bridgehead atoms. The number of aromatic amines is 1. The molecule has 40 heavy (non-hydrogen) atoms. The van der Waals surface area contributed by atoms with Crippen LogP contribution in [-0.2, 0) is 16.1 Å². The molecule has 12 heteroatoms. The highest BCUT2D eigenvalue weighted by Gasteiger charge is 2.25. The average molecular weight is 545 g/mol. The molecule has 3 amide bonds. The fraction of sp³-hybridized carbons (Fsp3) is 0.107. The molecule has 10 nitrogen and oxygen atoms in total. The van der Waals surface area contributed by atoms with Crippen molar-refractivity contribution in [2.45, 2.75) is 13.5 Å². The van der Waals surface area contributed by atoms with Gasteiger partial charge in [0.2, 0.25) is 5.91 Å². The number of imidazole rings is 1. The van der Waals surface area contributed by atoms with E-state index in [9.17, 15) is 28.0 Å². The smallest absolute Gasteiger partial charge is 0.263 e. The molecule has 1 aliphatic rings. The molecule has 4 aromatic rings. The summed E-state index contributed by atoms with van der Waals surface area (Å²) in [5, 5.41) is 7.84. The minimum atomic E-state index is -1.04. The van der Waals surface area contributed by atoms with Crippen LogP contribution in [0, 0.1) is 18.6 Å². The Kier molecular flexibility index (Phi) is 7.06. The summed E-state index contributed by atoms with van der Waals surface area (Å²) in [4.78, 5) is 57.5. The third kappa shape index (κ3) is 5.41. The van der Waals surface area contributed by atoms with E-state index in [4.69, 9.17) is 0 Å². The van der Waals surface area contributed by atoms with Crippen molar-refractivity contribution in [3.8, 4) is 0 Å². The van der Waals surface area contributed by atoms with E-state index < -0.39 is 35.6 Å². The number of halogens is 2. The standard InChI is InChI=1S/C28H22F2N6O4/c1-15-2-5-19(28(40)36(15)13-16-3-6-22(29)23(30)8-16)26(38)32-12-25(37)34-17-4-7-24-20(9-17)21(27(39)35-24)10-18-11-31-14-33-18/h2-11,14H,12-13H2,1H3,(H,31,33)(H,32,38)(H,34,37)(H,35,39)/b21-10-. The van der Waals surface area contributed by atoms with E-state index in [0.29, 0.717) is 39.5 Å². The number of pyridine rings is 1. The molecule has 5 rings (SSSR count). The zero-order chi connectivity index (χ0) is 28.4. The minimum absolute atomic E-state index is 0.0734. The summed E-state index contributed by atoms with van der Waals surface area (Å²) in [5.41, 5.74) is 2.59. The summed E-state index contributed by atoms with van der Waals surface area (Å²) in [6.07, 6.45) is 4.70. The third-order valence-electron chi connectivity index (χ3n) is 6.28. The molecule has 2 aromatic carbocycles. The third-order valence-corrected chi connectivity index (χ3v) is 6.28. The van der Waals surface area contributed by atoms with Crippen LogP contribution in [0.5, 0.6) is 0 Å². The fourth-order valence-corrected chi connectivity index (χ4v) is 4.23. The highest BCUT2D eigenvalue weighted by Crippen LogP contribution is 2.34. The number of hydrogen-bond donors (Lipinski definition) is 4. The van der Waals surface area contributed by atoms with Crippen LogP contribution in [-0.4, -0.2) is 38.8 Å². The van der Waals surface area contributed by atoms with Gasteiger partial charge in [0.05, 0.1) is 36.9 Å². The molecule has 0 aliphatic carbocycles. The second-order valence-electron chi connectivity index (χ2n) is 9.04. The van der Waals surface area contributed by atoms with Crippen LogP contribution in [0.1, 0.15) is 32.9 Å². The van der Waals surface area contributed by atoms with Gasteiger partial charge in [0, 0.05) is 22.6 Å². The number of hydrogen-bond acceptors (Lipinski definition) is 5. The van der Waals surface area contributed by atoms with Gasteiger partial charge in [-0.3, -0.25) is 19.2 Å². The maximum atomic E-state index is 13.6. The number of aromatic nitrogens is 3. The Hall–Kier alpha value is -5.39. The van der Waals surface area contributed by atoms with Crippen LogP contribution in [0.2, 0.25) is 0 Å². The van der Waals surface area contributed by atoms with Gasteiger partial charge in [0.15, 0.2) is 11.6 Å². The molecule has 4 N–H and O–H groups in total. The molecule has 2 aromatic heterocycles. The molecule has 0 saturated carbocycles. The van der Waals surface area contributed by atoms with E-state index in [1.165, 1.54) is 23.0 Å². The number of fused-ring (bicyclic) bond motifs is 1. The number of aryl methyl sites for hydroxylation is 1. The summed E-state index contributed by atoms with van der Waals surface area (Å²) in [7, 11) is 0. The molecule has 202 valence electrons. The Morgan fingerprint density at radius 3 is 2.62 bits per heavy atom. The molecular formula is C28H22F2N6O4. The van der Waals surface area contributed by atoms with Crippen molar-refractivity contribution in [2.75, 3.05) is 17.2 Å². The first-order chi connectivity index (χ1) is 19.2. The molecule has 0 unspecified atom stereocenters. The number of nitrogens with zero attached hydrogens (tertiary/aromatic N) is 2. The SMILES string of the molecule is Cc1ccc(C(=O)NCC(=O)Nc2ccc3c(c2)/C(=C/c2cnc[nH]2)C(=O)N3)c(=O)n1Cc1ccc(F)c(F)c1. The molecule has 1 aliphatic heterocycles. The van der Waals surface area contributed by atoms with E-state index in [2.05, 4.69) is 25.9 Å². The first kappa shape index (κ1) is 26.2. The van der Waals surface area contributed by atoms with Crippen molar-refractivity contribution >= 4 is 40.7 Å². The molecule has 0 spiro atoms. The molecular weight excluding hydrogens is 522 g/mol.